The summed E-state index contributed by atoms with van der Waals surface area (Å²) in [4.78, 5) is 0. The molecule has 1 aromatic carbocycles. The molecule has 0 spiro atoms. The van der Waals surface area contributed by atoms with Gasteiger partial charge in [-0.25, -0.2) is 0 Å². The van der Waals surface area contributed by atoms with Crippen molar-refractivity contribution < 1.29 is 5.11 Å². The summed E-state index contributed by atoms with van der Waals surface area (Å²) in [6.45, 7) is 2.13. The second-order valence-corrected chi connectivity index (χ2v) is 4.51. The fraction of sp³-hybridized carbons (Fsp3) is 0.357. The lowest BCUT2D eigenvalue weighted by molar-refractivity contribution is 0.159. The van der Waals surface area contributed by atoms with Crippen LogP contribution < -0.4 is 0 Å². The van der Waals surface area contributed by atoms with Gasteiger partial charge in [-0.05, 0) is 17.9 Å². The third-order valence-corrected chi connectivity index (χ3v) is 3.06. The van der Waals surface area contributed by atoms with Gasteiger partial charge in [0.1, 0.15) is 0 Å². The molecule has 2 unspecified atom stereocenters. The smallest absolute Gasteiger partial charge is 0.0826 e. The third kappa shape index (κ3) is 2.94. The van der Waals surface area contributed by atoms with Crippen molar-refractivity contribution in [3.05, 3.63) is 53.9 Å². The van der Waals surface area contributed by atoms with E-state index >= 15 is 0 Å². The summed E-state index contributed by atoms with van der Waals surface area (Å²) in [6.07, 6.45) is 3.86. The Labute approximate surface area is 102 Å². The standard InChI is InChI=1S/C14H18N2O/c1-11(12-6-4-3-5-7-12)8-14(17)13-9-15-16(2)10-13/h3-7,9-11,14,17H,8H2,1-2H3. The van der Waals surface area contributed by atoms with Crippen molar-refractivity contribution in [1.29, 1.82) is 0 Å². The number of nitrogens with zero attached hydrogens (tertiary/aromatic N) is 2. The summed E-state index contributed by atoms with van der Waals surface area (Å²) in [5.41, 5.74) is 2.14. The van der Waals surface area contributed by atoms with Crippen LogP contribution in [-0.2, 0) is 7.05 Å². The number of hydrogen-bond donors (Lipinski definition) is 1. The lowest BCUT2D eigenvalue weighted by Crippen LogP contribution is -2.02. The highest BCUT2D eigenvalue weighted by Crippen LogP contribution is 2.27. The molecule has 1 N–H and O–H groups in total. The number of aromatic nitrogens is 2. The van der Waals surface area contributed by atoms with E-state index in [1.807, 2.05) is 31.4 Å². The van der Waals surface area contributed by atoms with E-state index in [2.05, 4.69) is 24.2 Å². The van der Waals surface area contributed by atoms with E-state index in [0.29, 0.717) is 5.92 Å². The molecule has 3 nitrogen and oxygen atoms in total. The van der Waals surface area contributed by atoms with Gasteiger partial charge in [0.2, 0.25) is 0 Å². The highest BCUT2D eigenvalue weighted by Gasteiger charge is 2.14. The maximum atomic E-state index is 10.1. The van der Waals surface area contributed by atoms with Gasteiger partial charge in [-0.3, -0.25) is 4.68 Å². The molecule has 90 valence electrons. The second-order valence-electron chi connectivity index (χ2n) is 4.51. The summed E-state index contributed by atoms with van der Waals surface area (Å²) >= 11 is 0. The topological polar surface area (TPSA) is 38.1 Å². The van der Waals surface area contributed by atoms with Crippen LogP contribution in [0.2, 0.25) is 0 Å². The van der Waals surface area contributed by atoms with Crippen LogP contribution in [0.5, 0.6) is 0 Å². The van der Waals surface area contributed by atoms with Crippen molar-refractivity contribution >= 4 is 0 Å². The first-order valence-electron chi connectivity index (χ1n) is 5.88. The van der Waals surface area contributed by atoms with Crippen LogP contribution in [-0.4, -0.2) is 14.9 Å². The monoisotopic (exact) mass is 230 g/mol. The molecule has 2 rings (SSSR count). The highest BCUT2D eigenvalue weighted by molar-refractivity contribution is 5.19. The van der Waals surface area contributed by atoms with Crippen molar-refractivity contribution in [1.82, 2.24) is 9.78 Å². The zero-order valence-corrected chi connectivity index (χ0v) is 10.2. The Morgan fingerprint density at radius 3 is 2.53 bits per heavy atom. The summed E-state index contributed by atoms with van der Waals surface area (Å²) in [5, 5.41) is 14.2. The Balaban J connectivity index is 2.02. The number of aryl methyl sites for hydroxylation is 1. The minimum absolute atomic E-state index is 0.339. The Hall–Kier alpha value is -1.61. The van der Waals surface area contributed by atoms with E-state index < -0.39 is 6.10 Å². The van der Waals surface area contributed by atoms with Crippen LogP contribution in [0.4, 0.5) is 0 Å². The Morgan fingerprint density at radius 2 is 1.94 bits per heavy atom. The molecule has 0 aliphatic heterocycles. The van der Waals surface area contributed by atoms with Gasteiger partial charge in [-0.1, -0.05) is 37.3 Å². The van der Waals surface area contributed by atoms with Crippen molar-refractivity contribution in [2.45, 2.75) is 25.4 Å². The largest absolute Gasteiger partial charge is 0.388 e. The minimum atomic E-state index is -0.445. The maximum absolute atomic E-state index is 10.1. The van der Waals surface area contributed by atoms with Crippen LogP contribution in [0.15, 0.2) is 42.7 Å². The number of benzene rings is 1. The van der Waals surface area contributed by atoms with E-state index in [-0.39, 0.29) is 0 Å². The van der Waals surface area contributed by atoms with Crippen molar-refractivity contribution in [2.24, 2.45) is 7.05 Å². The van der Waals surface area contributed by atoms with Gasteiger partial charge in [0, 0.05) is 18.8 Å². The highest BCUT2D eigenvalue weighted by atomic mass is 16.3. The van der Waals surface area contributed by atoms with Crippen molar-refractivity contribution in [3.8, 4) is 0 Å². The molecule has 1 aromatic heterocycles. The Kier molecular flexibility index (Phi) is 3.59. The molecule has 2 aromatic rings. The summed E-state index contributed by atoms with van der Waals surface area (Å²) in [6, 6.07) is 10.3. The number of aliphatic hydroxyl groups is 1. The molecule has 0 saturated carbocycles. The predicted molar refractivity (Wildman–Crippen MR) is 67.6 cm³/mol. The summed E-state index contributed by atoms with van der Waals surface area (Å²) in [7, 11) is 1.86. The van der Waals surface area contributed by atoms with Gasteiger partial charge in [-0.2, -0.15) is 5.10 Å². The van der Waals surface area contributed by atoms with E-state index in [1.54, 1.807) is 10.9 Å². The van der Waals surface area contributed by atoms with Crippen LogP contribution in [0.25, 0.3) is 0 Å². The lowest BCUT2D eigenvalue weighted by Gasteiger charge is -2.15. The molecular weight excluding hydrogens is 212 g/mol. The van der Waals surface area contributed by atoms with Crippen LogP contribution >= 0.6 is 0 Å². The Morgan fingerprint density at radius 1 is 1.24 bits per heavy atom. The van der Waals surface area contributed by atoms with Gasteiger partial charge in [0.15, 0.2) is 0 Å². The zero-order valence-electron chi connectivity index (χ0n) is 10.2. The molecule has 0 aliphatic carbocycles. The normalized spacial score (nSPS) is 14.5. The second kappa shape index (κ2) is 5.15. The molecule has 3 heteroatoms. The molecule has 17 heavy (non-hydrogen) atoms. The number of rotatable bonds is 4. The van der Waals surface area contributed by atoms with Crippen LogP contribution in [0.1, 0.15) is 36.5 Å². The van der Waals surface area contributed by atoms with Gasteiger partial charge >= 0.3 is 0 Å². The third-order valence-electron chi connectivity index (χ3n) is 3.06. The predicted octanol–water partition coefficient (Wildman–Crippen LogP) is 2.65. The SMILES string of the molecule is CC(CC(O)c1cnn(C)c1)c1ccccc1. The van der Waals surface area contributed by atoms with Crippen LogP contribution in [0, 0.1) is 0 Å². The fourth-order valence-electron chi connectivity index (χ4n) is 2.00. The first-order valence-corrected chi connectivity index (χ1v) is 5.88. The van der Waals surface area contributed by atoms with Gasteiger partial charge in [0.25, 0.3) is 0 Å². The molecule has 1 heterocycles. The minimum Gasteiger partial charge on any atom is -0.388 e. The number of aliphatic hydroxyl groups excluding tert-OH is 1. The first-order chi connectivity index (χ1) is 8.16. The average Bonchev–Trinajstić information content (AvgIpc) is 2.77. The van der Waals surface area contributed by atoms with Crippen molar-refractivity contribution in [2.75, 3.05) is 0 Å². The molecule has 0 radical (unpaired) electrons. The Bertz CT molecular complexity index is 464. The molecular formula is C14H18N2O. The number of hydrogen-bond acceptors (Lipinski definition) is 2. The maximum Gasteiger partial charge on any atom is 0.0826 e. The van der Waals surface area contributed by atoms with Crippen LogP contribution in [0.3, 0.4) is 0 Å². The van der Waals surface area contributed by atoms with E-state index in [1.165, 1.54) is 5.56 Å². The average molecular weight is 230 g/mol. The fourth-order valence-corrected chi connectivity index (χ4v) is 2.00. The molecule has 2 atom stereocenters. The molecule has 0 saturated heterocycles. The molecule has 0 bridgehead atoms. The molecule has 0 fully saturated rings. The summed E-state index contributed by atoms with van der Waals surface area (Å²) in [5.74, 6) is 0.339. The lowest BCUT2D eigenvalue weighted by atomic mass is 9.93. The summed E-state index contributed by atoms with van der Waals surface area (Å²) < 4.78 is 1.71. The molecule has 0 amide bonds. The van der Waals surface area contributed by atoms with Gasteiger partial charge in [0.05, 0.1) is 12.3 Å². The van der Waals surface area contributed by atoms with Gasteiger partial charge < -0.3 is 5.11 Å². The quantitative estimate of drug-likeness (QED) is 0.876. The zero-order chi connectivity index (χ0) is 12.3. The van der Waals surface area contributed by atoms with E-state index in [0.717, 1.165) is 12.0 Å². The molecule has 0 aliphatic rings. The van der Waals surface area contributed by atoms with E-state index in [9.17, 15) is 5.11 Å². The first kappa shape index (κ1) is 11.9. The van der Waals surface area contributed by atoms with E-state index in [4.69, 9.17) is 0 Å². The van der Waals surface area contributed by atoms with Gasteiger partial charge in [-0.15, -0.1) is 0 Å². The van der Waals surface area contributed by atoms with Crippen molar-refractivity contribution in [3.63, 3.8) is 0 Å².